The second-order valence-electron chi connectivity index (χ2n) is 5.89. The number of hydrogen-bond donors (Lipinski definition) is 0. The zero-order valence-corrected chi connectivity index (χ0v) is 11.5. The molecule has 0 radical (unpaired) electrons. The molecular weight excluding hydrogens is 198 g/mol. The fourth-order valence-electron chi connectivity index (χ4n) is 2.88. The molecule has 94 valence electrons. The Morgan fingerprint density at radius 3 is 2.38 bits per heavy atom. The summed E-state index contributed by atoms with van der Waals surface area (Å²) < 4.78 is 0. The molecule has 1 aliphatic rings. The smallest absolute Gasteiger partial charge is 0.225 e. The van der Waals surface area contributed by atoms with Crippen molar-refractivity contribution in [2.24, 2.45) is 17.3 Å². The molecule has 0 aliphatic carbocycles. The summed E-state index contributed by atoms with van der Waals surface area (Å²) in [6.45, 7) is 12.8. The number of likely N-dealkylation sites (tertiary alicyclic amines) is 1. The summed E-state index contributed by atoms with van der Waals surface area (Å²) in [7, 11) is 0. The zero-order valence-electron chi connectivity index (χ0n) is 11.5. The molecule has 1 fully saturated rings. The van der Waals surface area contributed by atoms with E-state index in [-0.39, 0.29) is 5.92 Å². The van der Waals surface area contributed by atoms with Gasteiger partial charge in [0.2, 0.25) is 5.91 Å². The van der Waals surface area contributed by atoms with Crippen molar-refractivity contribution in [1.82, 2.24) is 4.90 Å². The molecule has 1 atom stereocenters. The molecule has 0 N–H and O–H groups in total. The SMILES string of the molecule is CC[C@@]1(C(C)C)CCCN(C(=O)C(C)C)C1. The van der Waals surface area contributed by atoms with Crippen molar-refractivity contribution in [3.63, 3.8) is 0 Å². The van der Waals surface area contributed by atoms with Gasteiger partial charge in [-0.25, -0.2) is 0 Å². The van der Waals surface area contributed by atoms with Crippen LogP contribution in [0, 0.1) is 17.3 Å². The van der Waals surface area contributed by atoms with E-state index in [0.29, 0.717) is 17.2 Å². The first-order chi connectivity index (χ1) is 7.43. The van der Waals surface area contributed by atoms with E-state index in [2.05, 4.69) is 25.7 Å². The molecule has 0 bridgehead atoms. The lowest BCUT2D eigenvalue weighted by Crippen LogP contribution is -2.49. The van der Waals surface area contributed by atoms with Crippen molar-refractivity contribution in [3.05, 3.63) is 0 Å². The van der Waals surface area contributed by atoms with E-state index < -0.39 is 0 Å². The van der Waals surface area contributed by atoms with Crippen LogP contribution in [0.5, 0.6) is 0 Å². The lowest BCUT2D eigenvalue weighted by atomic mass is 9.69. The lowest BCUT2D eigenvalue weighted by molar-refractivity contribution is -0.139. The van der Waals surface area contributed by atoms with Crippen LogP contribution in [0.1, 0.15) is 53.9 Å². The summed E-state index contributed by atoms with van der Waals surface area (Å²) in [5, 5.41) is 0. The molecule has 2 heteroatoms. The maximum atomic E-state index is 12.1. The number of nitrogens with zero attached hydrogens (tertiary/aromatic N) is 1. The van der Waals surface area contributed by atoms with Crippen LogP contribution < -0.4 is 0 Å². The Kier molecular flexibility index (Phi) is 4.40. The molecule has 0 aromatic heterocycles. The summed E-state index contributed by atoms with van der Waals surface area (Å²) >= 11 is 0. The van der Waals surface area contributed by atoms with E-state index in [1.807, 2.05) is 13.8 Å². The van der Waals surface area contributed by atoms with Crippen molar-refractivity contribution >= 4 is 5.91 Å². The highest BCUT2D eigenvalue weighted by atomic mass is 16.2. The molecule has 1 heterocycles. The third kappa shape index (κ3) is 2.58. The van der Waals surface area contributed by atoms with Gasteiger partial charge in [-0.15, -0.1) is 0 Å². The van der Waals surface area contributed by atoms with E-state index in [0.717, 1.165) is 13.1 Å². The van der Waals surface area contributed by atoms with Gasteiger partial charge in [0.1, 0.15) is 0 Å². The van der Waals surface area contributed by atoms with E-state index in [1.54, 1.807) is 0 Å². The van der Waals surface area contributed by atoms with E-state index in [4.69, 9.17) is 0 Å². The Balaban J connectivity index is 2.76. The van der Waals surface area contributed by atoms with Crippen molar-refractivity contribution in [2.45, 2.75) is 53.9 Å². The first-order valence-electron chi connectivity index (χ1n) is 6.71. The van der Waals surface area contributed by atoms with Gasteiger partial charge in [-0.3, -0.25) is 4.79 Å². The molecule has 0 saturated carbocycles. The standard InChI is InChI=1S/C14H27NO/c1-6-14(12(4)5)8-7-9-15(10-14)13(16)11(2)3/h11-12H,6-10H2,1-5H3/t14-/m1/s1. The first kappa shape index (κ1) is 13.5. The van der Waals surface area contributed by atoms with Crippen LogP contribution in [0.15, 0.2) is 0 Å². The van der Waals surface area contributed by atoms with Crippen LogP contribution in [0.2, 0.25) is 0 Å². The van der Waals surface area contributed by atoms with Crippen LogP contribution in [-0.2, 0) is 4.79 Å². The van der Waals surface area contributed by atoms with Gasteiger partial charge < -0.3 is 4.90 Å². The highest BCUT2D eigenvalue weighted by molar-refractivity contribution is 5.78. The minimum absolute atomic E-state index is 0.139. The minimum Gasteiger partial charge on any atom is -0.342 e. The molecule has 0 spiro atoms. The molecule has 2 nitrogen and oxygen atoms in total. The zero-order chi connectivity index (χ0) is 12.3. The predicted molar refractivity (Wildman–Crippen MR) is 68.2 cm³/mol. The van der Waals surface area contributed by atoms with Gasteiger partial charge in [0.05, 0.1) is 0 Å². The maximum Gasteiger partial charge on any atom is 0.225 e. The van der Waals surface area contributed by atoms with Crippen LogP contribution in [0.3, 0.4) is 0 Å². The van der Waals surface area contributed by atoms with E-state index >= 15 is 0 Å². The lowest BCUT2D eigenvalue weighted by Gasteiger charge is -2.45. The quantitative estimate of drug-likeness (QED) is 0.721. The summed E-state index contributed by atoms with van der Waals surface area (Å²) in [4.78, 5) is 14.1. The van der Waals surface area contributed by atoms with E-state index in [1.165, 1.54) is 19.3 Å². The Bertz CT molecular complexity index is 247. The fraction of sp³-hybridized carbons (Fsp3) is 0.929. The third-order valence-corrected chi connectivity index (χ3v) is 4.34. The summed E-state index contributed by atoms with van der Waals surface area (Å²) in [6.07, 6.45) is 3.64. The number of rotatable bonds is 3. The average molecular weight is 225 g/mol. The highest BCUT2D eigenvalue weighted by Crippen LogP contribution is 2.40. The largest absolute Gasteiger partial charge is 0.342 e. The van der Waals surface area contributed by atoms with Crippen molar-refractivity contribution < 1.29 is 4.79 Å². The molecule has 0 aromatic rings. The third-order valence-electron chi connectivity index (χ3n) is 4.34. The highest BCUT2D eigenvalue weighted by Gasteiger charge is 2.38. The second-order valence-corrected chi connectivity index (χ2v) is 5.89. The molecule has 0 unspecified atom stereocenters. The van der Waals surface area contributed by atoms with Crippen LogP contribution in [0.25, 0.3) is 0 Å². The summed E-state index contributed by atoms with van der Waals surface area (Å²) in [5.41, 5.74) is 0.364. The van der Waals surface area contributed by atoms with Crippen LogP contribution in [-0.4, -0.2) is 23.9 Å². The minimum atomic E-state index is 0.139. The second kappa shape index (κ2) is 5.20. The molecule has 1 amide bonds. The van der Waals surface area contributed by atoms with Gasteiger partial charge >= 0.3 is 0 Å². The van der Waals surface area contributed by atoms with Gasteiger partial charge in [-0.2, -0.15) is 0 Å². The summed E-state index contributed by atoms with van der Waals surface area (Å²) in [5.74, 6) is 1.14. The average Bonchev–Trinajstić information content (AvgIpc) is 2.27. The number of piperidine rings is 1. The van der Waals surface area contributed by atoms with Crippen molar-refractivity contribution in [2.75, 3.05) is 13.1 Å². The Labute approximate surface area is 100 Å². The van der Waals surface area contributed by atoms with Crippen molar-refractivity contribution in [3.8, 4) is 0 Å². The predicted octanol–water partition coefficient (Wildman–Crippen LogP) is 3.32. The van der Waals surface area contributed by atoms with Gasteiger partial charge in [0.25, 0.3) is 0 Å². The van der Waals surface area contributed by atoms with Crippen molar-refractivity contribution in [1.29, 1.82) is 0 Å². The Morgan fingerprint density at radius 2 is 1.94 bits per heavy atom. The Hall–Kier alpha value is -0.530. The number of amides is 1. The van der Waals surface area contributed by atoms with Crippen LogP contribution >= 0.6 is 0 Å². The van der Waals surface area contributed by atoms with Gasteiger partial charge in [0, 0.05) is 19.0 Å². The topological polar surface area (TPSA) is 20.3 Å². The monoisotopic (exact) mass is 225 g/mol. The normalized spacial score (nSPS) is 26.6. The first-order valence-corrected chi connectivity index (χ1v) is 6.71. The number of hydrogen-bond acceptors (Lipinski definition) is 1. The molecule has 0 aromatic carbocycles. The van der Waals surface area contributed by atoms with Gasteiger partial charge in [-0.1, -0.05) is 34.6 Å². The maximum absolute atomic E-state index is 12.1. The molecule has 1 saturated heterocycles. The van der Waals surface area contributed by atoms with Gasteiger partial charge in [-0.05, 0) is 30.6 Å². The molecular formula is C14H27NO. The molecule has 1 rings (SSSR count). The van der Waals surface area contributed by atoms with Crippen LogP contribution in [0.4, 0.5) is 0 Å². The fourth-order valence-corrected chi connectivity index (χ4v) is 2.88. The number of carbonyl (C=O) groups is 1. The Morgan fingerprint density at radius 1 is 1.31 bits per heavy atom. The summed E-state index contributed by atoms with van der Waals surface area (Å²) in [6, 6.07) is 0. The van der Waals surface area contributed by atoms with Gasteiger partial charge in [0.15, 0.2) is 0 Å². The molecule has 1 aliphatic heterocycles. The number of carbonyl (C=O) groups excluding carboxylic acids is 1. The van der Waals surface area contributed by atoms with E-state index in [9.17, 15) is 4.79 Å². The molecule has 16 heavy (non-hydrogen) atoms.